The fourth-order valence-corrected chi connectivity index (χ4v) is 3.12. The van der Waals surface area contributed by atoms with Crippen molar-refractivity contribution in [3.05, 3.63) is 68.5 Å². The molecule has 2 aromatic heterocycles. The van der Waals surface area contributed by atoms with Gasteiger partial charge in [0.2, 0.25) is 0 Å². The quantitative estimate of drug-likeness (QED) is 0.607. The van der Waals surface area contributed by atoms with E-state index in [0.29, 0.717) is 12.3 Å². The molecule has 2 heterocycles. The molecule has 0 aliphatic rings. The number of thiazole rings is 1. The third-order valence-electron chi connectivity index (χ3n) is 3.41. The lowest BCUT2D eigenvalue weighted by atomic mass is 10.3. The van der Waals surface area contributed by atoms with Crippen LogP contribution in [0.1, 0.15) is 33.9 Å². The van der Waals surface area contributed by atoms with Crippen LogP contribution < -0.4 is 10.1 Å². The van der Waals surface area contributed by atoms with E-state index in [-0.39, 0.29) is 18.3 Å². The van der Waals surface area contributed by atoms with E-state index >= 15 is 0 Å². The van der Waals surface area contributed by atoms with Crippen molar-refractivity contribution in [2.24, 2.45) is 0 Å². The molecular formula is C18H17BrN2O3S. The Labute approximate surface area is 158 Å². The minimum absolute atomic E-state index is 0.263. The number of aromatic nitrogens is 1. The van der Waals surface area contributed by atoms with Crippen molar-refractivity contribution in [2.45, 2.75) is 26.5 Å². The highest BCUT2D eigenvalue weighted by molar-refractivity contribution is 9.10. The van der Waals surface area contributed by atoms with Crippen LogP contribution in [0.15, 0.2) is 50.7 Å². The fraction of sp³-hybridized carbons (Fsp3) is 0.222. The molecule has 1 N–H and O–H groups in total. The van der Waals surface area contributed by atoms with E-state index in [2.05, 4.69) is 33.2 Å². The molecule has 25 heavy (non-hydrogen) atoms. The molecular weight excluding hydrogens is 404 g/mol. The lowest BCUT2D eigenvalue weighted by Crippen LogP contribution is -2.22. The third kappa shape index (κ3) is 4.93. The van der Waals surface area contributed by atoms with Crippen LogP contribution in [0.2, 0.25) is 0 Å². The van der Waals surface area contributed by atoms with Gasteiger partial charge < -0.3 is 14.5 Å². The first-order chi connectivity index (χ1) is 12.1. The molecule has 7 heteroatoms. The SMILES string of the molecule is CCc1nc(CNC(=O)c2ccc(COc3ccc(Br)cc3)o2)cs1. The van der Waals surface area contributed by atoms with Crippen LogP contribution in [0.25, 0.3) is 0 Å². The second-order valence-electron chi connectivity index (χ2n) is 5.28. The Hall–Kier alpha value is -2.12. The minimum Gasteiger partial charge on any atom is -0.486 e. The predicted octanol–water partition coefficient (Wildman–Crippen LogP) is 4.57. The van der Waals surface area contributed by atoms with Crippen molar-refractivity contribution in [1.29, 1.82) is 0 Å². The van der Waals surface area contributed by atoms with Crippen LogP contribution in [-0.4, -0.2) is 10.9 Å². The number of amides is 1. The zero-order valence-electron chi connectivity index (χ0n) is 13.6. The first kappa shape index (κ1) is 17.7. The Bertz CT molecular complexity index is 842. The monoisotopic (exact) mass is 420 g/mol. The summed E-state index contributed by atoms with van der Waals surface area (Å²) in [6.45, 7) is 2.71. The van der Waals surface area contributed by atoms with Crippen molar-refractivity contribution < 1.29 is 13.9 Å². The van der Waals surface area contributed by atoms with E-state index in [1.165, 1.54) is 0 Å². The zero-order valence-corrected chi connectivity index (χ0v) is 16.0. The molecule has 0 fully saturated rings. The number of furan rings is 1. The largest absolute Gasteiger partial charge is 0.486 e. The first-order valence-electron chi connectivity index (χ1n) is 7.82. The number of ether oxygens (including phenoxy) is 1. The van der Waals surface area contributed by atoms with Crippen LogP contribution in [0.4, 0.5) is 0 Å². The highest BCUT2D eigenvalue weighted by Gasteiger charge is 2.12. The summed E-state index contributed by atoms with van der Waals surface area (Å²) in [6.07, 6.45) is 0.901. The Kier molecular flexibility index (Phi) is 5.88. The molecule has 3 rings (SSSR count). The van der Waals surface area contributed by atoms with Gasteiger partial charge in [-0.05, 0) is 42.8 Å². The van der Waals surface area contributed by atoms with Crippen LogP contribution >= 0.6 is 27.3 Å². The van der Waals surface area contributed by atoms with Gasteiger partial charge in [-0.3, -0.25) is 4.79 Å². The van der Waals surface area contributed by atoms with E-state index in [0.717, 1.165) is 27.3 Å². The summed E-state index contributed by atoms with van der Waals surface area (Å²) in [5.74, 6) is 1.33. The molecule has 0 atom stereocenters. The van der Waals surface area contributed by atoms with Gasteiger partial charge in [-0.2, -0.15) is 0 Å². The Morgan fingerprint density at radius 1 is 1.28 bits per heavy atom. The maximum absolute atomic E-state index is 12.1. The minimum atomic E-state index is -0.263. The first-order valence-corrected chi connectivity index (χ1v) is 9.50. The van der Waals surface area contributed by atoms with E-state index in [1.807, 2.05) is 29.6 Å². The number of rotatable bonds is 7. The summed E-state index contributed by atoms with van der Waals surface area (Å²) in [5, 5.41) is 5.83. The van der Waals surface area contributed by atoms with Gasteiger partial charge >= 0.3 is 0 Å². The lowest BCUT2D eigenvalue weighted by Gasteiger charge is -2.04. The van der Waals surface area contributed by atoms with E-state index in [4.69, 9.17) is 9.15 Å². The molecule has 0 unspecified atom stereocenters. The molecule has 0 aliphatic heterocycles. The van der Waals surface area contributed by atoms with Gasteiger partial charge in [-0.15, -0.1) is 11.3 Å². The highest BCUT2D eigenvalue weighted by atomic mass is 79.9. The van der Waals surface area contributed by atoms with Crippen LogP contribution in [0, 0.1) is 0 Å². The molecule has 1 amide bonds. The summed E-state index contributed by atoms with van der Waals surface area (Å²) in [5.41, 5.74) is 0.862. The smallest absolute Gasteiger partial charge is 0.287 e. The normalized spacial score (nSPS) is 10.6. The molecule has 0 saturated carbocycles. The number of carbonyl (C=O) groups is 1. The van der Waals surface area contributed by atoms with Crippen molar-refractivity contribution in [3.63, 3.8) is 0 Å². The number of hydrogen-bond acceptors (Lipinski definition) is 5. The van der Waals surface area contributed by atoms with Gasteiger partial charge in [0.05, 0.1) is 17.2 Å². The summed E-state index contributed by atoms with van der Waals surface area (Å²) < 4.78 is 12.2. The number of carbonyl (C=O) groups excluding carboxylic acids is 1. The number of halogens is 1. The van der Waals surface area contributed by atoms with Gasteiger partial charge in [0.15, 0.2) is 5.76 Å². The van der Waals surface area contributed by atoms with E-state index < -0.39 is 0 Å². The summed E-state index contributed by atoms with van der Waals surface area (Å²) in [7, 11) is 0. The van der Waals surface area contributed by atoms with Crippen molar-refractivity contribution >= 4 is 33.2 Å². The maximum atomic E-state index is 12.1. The van der Waals surface area contributed by atoms with Crippen LogP contribution in [0.3, 0.4) is 0 Å². The second kappa shape index (κ2) is 8.31. The Morgan fingerprint density at radius 3 is 2.80 bits per heavy atom. The van der Waals surface area contributed by atoms with Gasteiger partial charge in [0, 0.05) is 9.85 Å². The number of nitrogens with one attached hydrogen (secondary N) is 1. The molecule has 1 aromatic carbocycles. The number of benzene rings is 1. The molecule has 5 nitrogen and oxygen atoms in total. The standard InChI is InChI=1S/C18H17BrN2O3S/c1-2-17-21-13(11-25-17)9-20-18(22)16-8-7-15(24-16)10-23-14-5-3-12(19)4-6-14/h3-8,11H,2,9-10H2,1H3,(H,20,22). The average molecular weight is 421 g/mol. The summed E-state index contributed by atoms with van der Waals surface area (Å²) in [6, 6.07) is 10.9. The van der Waals surface area contributed by atoms with Crippen molar-refractivity contribution in [3.8, 4) is 5.75 Å². The average Bonchev–Trinajstić information content (AvgIpc) is 3.28. The number of aryl methyl sites for hydroxylation is 1. The Morgan fingerprint density at radius 2 is 2.08 bits per heavy atom. The molecule has 0 bridgehead atoms. The summed E-state index contributed by atoms with van der Waals surface area (Å²) in [4.78, 5) is 16.6. The molecule has 0 aliphatic carbocycles. The van der Waals surface area contributed by atoms with Crippen LogP contribution in [0.5, 0.6) is 5.75 Å². The van der Waals surface area contributed by atoms with Gasteiger partial charge in [-0.1, -0.05) is 22.9 Å². The maximum Gasteiger partial charge on any atom is 0.287 e. The Balaban J connectivity index is 1.51. The zero-order chi connectivity index (χ0) is 17.6. The second-order valence-corrected chi connectivity index (χ2v) is 7.14. The van der Waals surface area contributed by atoms with Crippen molar-refractivity contribution in [2.75, 3.05) is 0 Å². The molecule has 0 spiro atoms. The van der Waals surface area contributed by atoms with Crippen LogP contribution in [-0.2, 0) is 19.6 Å². The van der Waals surface area contributed by atoms with Gasteiger partial charge in [0.25, 0.3) is 5.91 Å². The van der Waals surface area contributed by atoms with Gasteiger partial charge in [0.1, 0.15) is 18.1 Å². The van der Waals surface area contributed by atoms with E-state index in [9.17, 15) is 4.79 Å². The molecule has 0 saturated heterocycles. The molecule has 3 aromatic rings. The fourth-order valence-electron chi connectivity index (χ4n) is 2.11. The predicted molar refractivity (Wildman–Crippen MR) is 99.8 cm³/mol. The number of hydrogen-bond donors (Lipinski definition) is 1. The molecule has 130 valence electrons. The lowest BCUT2D eigenvalue weighted by molar-refractivity contribution is 0.0918. The topological polar surface area (TPSA) is 64.4 Å². The third-order valence-corrected chi connectivity index (χ3v) is 4.98. The van der Waals surface area contributed by atoms with Gasteiger partial charge in [-0.25, -0.2) is 4.98 Å². The van der Waals surface area contributed by atoms with Crippen molar-refractivity contribution in [1.82, 2.24) is 10.3 Å². The summed E-state index contributed by atoms with van der Waals surface area (Å²) >= 11 is 4.98. The van der Waals surface area contributed by atoms with E-state index in [1.54, 1.807) is 23.5 Å². The molecule has 0 radical (unpaired) electrons. The highest BCUT2D eigenvalue weighted by Crippen LogP contribution is 2.18. The number of nitrogens with zero attached hydrogens (tertiary/aromatic N) is 1.